The third-order valence-electron chi connectivity index (χ3n) is 5.06. The number of hydrogen-bond acceptors (Lipinski definition) is 6. The fourth-order valence-electron chi connectivity index (χ4n) is 3.59. The predicted octanol–water partition coefficient (Wildman–Crippen LogP) is 4.31. The van der Waals surface area contributed by atoms with Gasteiger partial charge in [0.05, 0.1) is 12.6 Å². The molecule has 2 heterocycles. The highest BCUT2D eigenvalue weighted by atomic mass is 19.1. The number of rotatable bonds is 5. The normalized spacial score (nSPS) is 11.2. The minimum atomic E-state index is -0.455. The molecule has 7 nitrogen and oxygen atoms in total. The first-order chi connectivity index (χ1) is 15.2. The molecule has 3 aromatic carbocycles. The van der Waals surface area contributed by atoms with Crippen molar-refractivity contribution in [3.8, 4) is 11.7 Å². The van der Waals surface area contributed by atoms with Gasteiger partial charge in [0.2, 0.25) is 11.9 Å². The summed E-state index contributed by atoms with van der Waals surface area (Å²) in [7, 11) is 1.59. The number of ether oxygens (including phenoxy) is 1. The van der Waals surface area contributed by atoms with Gasteiger partial charge in [0.15, 0.2) is 5.82 Å². The first kappa shape index (κ1) is 18.8. The van der Waals surface area contributed by atoms with E-state index in [0.29, 0.717) is 29.1 Å². The second-order valence-corrected chi connectivity index (χ2v) is 6.98. The second kappa shape index (κ2) is 7.56. The number of nitrogens with one attached hydrogen (secondary N) is 1. The Balaban J connectivity index is 1.71. The van der Waals surface area contributed by atoms with E-state index >= 15 is 0 Å². The highest BCUT2D eigenvalue weighted by Crippen LogP contribution is 2.31. The van der Waals surface area contributed by atoms with E-state index in [-0.39, 0.29) is 17.4 Å². The van der Waals surface area contributed by atoms with Gasteiger partial charge in [0.25, 0.3) is 0 Å². The van der Waals surface area contributed by atoms with Gasteiger partial charge >= 0.3 is 0 Å². The van der Waals surface area contributed by atoms with E-state index in [1.165, 1.54) is 10.6 Å². The van der Waals surface area contributed by atoms with E-state index < -0.39 is 5.82 Å². The van der Waals surface area contributed by atoms with Gasteiger partial charge in [-0.05, 0) is 29.8 Å². The predicted molar refractivity (Wildman–Crippen MR) is 119 cm³/mol. The van der Waals surface area contributed by atoms with Gasteiger partial charge in [-0.25, -0.2) is 18.9 Å². The number of nitrogen functional groups attached to an aromatic ring is 1. The molecule has 0 saturated carbocycles. The molecule has 0 amide bonds. The molecule has 5 aromatic rings. The standard InChI is InChI=1S/C23H19FN6O/c1-31-18-12-5-9-15-19(18)28-23(29-21(15)26-13-14-7-3-2-4-8-14)30-17-11-6-10-16(24)20(17)27-22(30)25/h2-12H,13H2,1H3,(H2,25,27)(H,26,28,29). The Morgan fingerprint density at radius 3 is 2.55 bits per heavy atom. The molecule has 5 rings (SSSR count). The first-order valence-electron chi connectivity index (χ1n) is 9.71. The molecule has 31 heavy (non-hydrogen) atoms. The van der Waals surface area contributed by atoms with Crippen LogP contribution in [0.15, 0.2) is 66.7 Å². The highest BCUT2D eigenvalue weighted by molar-refractivity contribution is 5.94. The van der Waals surface area contributed by atoms with E-state index in [1.807, 2.05) is 48.5 Å². The average Bonchev–Trinajstić information content (AvgIpc) is 3.14. The van der Waals surface area contributed by atoms with Crippen LogP contribution in [0.2, 0.25) is 0 Å². The number of nitrogens with zero attached hydrogens (tertiary/aromatic N) is 4. The van der Waals surface area contributed by atoms with Crippen LogP contribution in [-0.2, 0) is 6.54 Å². The van der Waals surface area contributed by atoms with Crippen LogP contribution >= 0.6 is 0 Å². The Labute approximate surface area is 177 Å². The largest absolute Gasteiger partial charge is 0.494 e. The fraction of sp³-hybridized carbons (Fsp3) is 0.0870. The van der Waals surface area contributed by atoms with Crippen molar-refractivity contribution >= 4 is 33.7 Å². The van der Waals surface area contributed by atoms with Crippen LogP contribution in [0.3, 0.4) is 0 Å². The number of halogens is 1. The van der Waals surface area contributed by atoms with Crippen molar-refractivity contribution in [3.05, 3.63) is 78.1 Å². The van der Waals surface area contributed by atoms with Gasteiger partial charge in [-0.3, -0.25) is 0 Å². The molecule has 154 valence electrons. The van der Waals surface area contributed by atoms with Crippen molar-refractivity contribution in [1.29, 1.82) is 0 Å². The Morgan fingerprint density at radius 1 is 0.935 bits per heavy atom. The van der Waals surface area contributed by atoms with Crippen molar-refractivity contribution in [1.82, 2.24) is 19.5 Å². The van der Waals surface area contributed by atoms with Crippen LogP contribution in [0.5, 0.6) is 5.75 Å². The molecule has 0 spiro atoms. The fourth-order valence-corrected chi connectivity index (χ4v) is 3.59. The Bertz CT molecular complexity index is 1400. The van der Waals surface area contributed by atoms with Crippen LogP contribution in [0.1, 0.15) is 5.56 Å². The second-order valence-electron chi connectivity index (χ2n) is 6.98. The molecule has 0 radical (unpaired) electrons. The minimum absolute atomic E-state index is 0.100. The third-order valence-corrected chi connectivity index (χ3v) is 5.06. The zero-order valence-electron chi connectivity index (χ0n) is 16.7. The smallest absolute Gasteiger partial charge is 0.239 e. The van der Waals surface area contributed by atoms with E-state index in [2.05, 4.69) is 15.3 Å². The number of nitrogens with two attached hydrogens (primary N) is 1. The van der Waals surface area contributed by atoms with Crippen molar-refractivity contribution in [2.75, 3.05) is 18.2 Å². The molecule has 8 heteroatoms. The summed E-state index contributed by atoms with van der Waals surface area (Å²) in [5.74, 6) is 1.13. The quantitative estimate of drug-likeness (QED) is 0.445. The Morgan fingerprint density at radius 2 is 1.74 bits per heavy atom. The first-order valence-corrected chi connectivity index (χ1v) is 9.71. The topological polar surface area (TPSA) is 90.9 Å². The van der Waals surface area contributed by atoms with Crippen molar-refractivity contribution < 1.29 is 9.13 Å². The number of aromatic nitrogens is 4. The van der Waals surface area contributed by atoms with Crippen LogP contribution < -0.4 is 15.8 Å². The number of benzene rings is 3. The minimum Gasteiger partial charge on any atom is -0.494 e. The molecule has 3 N–H and O–H groups in total. The summed E-state index contributed by atoms with van der Waals surface area (Å²) in [5.41, 5.74) is 8.51. The Hall–Kier alpha value is -4.20. The summed E-state index contributed by atoms with van der Waals surface area (Å²) in [6.07, 6.45) is 0. The summed E-state index contributed by atoms with van der Waals surface area (Å²) in [6.45, 7) is 0.568. The average molecular weight is 414 g/mol. The molecular weight excluding hydrogens is 395 g/mol. The molecular formula is C23H19FN6O. The summed E-state index contributed by atoms with van der Waals surface area (Å²) in [4.78, 5) is 13.6. The van der Waals surface area contributed by atoms with Crippen molar-refractivity contribution in [2.24, 2.45) is 0 Å². The van der Waals surface area contributed by atoms with E-state index in [4.69, 9.17) is 15.5 Å². The third kappa shape index (κ3) is 3.28. The van der Waals surface area contributed by atoms with E-state index in [1.54, 1.807) is 19.2 Å². The molecule has 0 fully saturated rings. The van der Waals surface area contributed by atoms with Gasteiger partial charge in [-0.1, -0.05) is 42.5 Å². The number of imidazole rings is 1. The van der Waals surface area contributed by atoms with Crippen molar-refractivity contribution in [2.45, 2.75) is 6.54 Å². The molecule has 0 unspecified atom stereocenters. The van der Waals surface area contributed by atoms with Crippen LogP contribution in [0.4, 0.5) is 16.2 Å². The number of anilines is 2. The molecule has 0 atom stereocenters. The number of fused-ring (bicyclic) bond motifs is 2. The lowest BCUT2D eigenvalue weighted by molar-refractivity contribution is 0.419. The maximum Gasteiger partial charge on any atom is 0.239 e. The summed E-state index contributed by atoms with van der Waals surface area (Å²) < 4.78 is 21.3. The lowest BCUT2D eigenvalue weighted by atomic mass is 10.2. The number of hydrogen-bond donors (Lipinski definition) is 2. The molecule has 0 aliphatic heterocycles. The van der Waals surface area contributed by atoms with Gasteiger partial charge in [0.1, 0.15) is 22.6 Å². The van der Waals surface area contributed by atoms with Crippen LogP contribution in [0.25, 0.3) is 27.9 Å². The Kier molecular flexibility index (Phi) is 4.59. The summed E-state index contributed by atoms with van der Waals surface area (Å²) in [5, 5.41) is 4.18. The van der Waals surface area contributed by atoms with Gasteiger partial charge in [-0.2, -0.15) is 4.98 Å². The lowest BCUT2D eigenvalue weighted by Crippen LogP contribution is -2.10. The van der Waals surface area contributed by atoms with E-state index in [0.717, 1.165) is 10.9 Å². The molecule has 0 saturated heterocycles. The van der Waals surface area contributed by atoms with Gasteiger partial charge in [0, 0.05) is 11.9 Å². The monoisotopic (exact) mass is 414 g/mol. The summed E-state index contributed by atoms with van der Waals surface area (Å²) in [6, 6.07) is 20.3. The lowest BCUT2D eigenvalue weighted by Gasteiger charge is -2.14. The molecule has 0 aliphatic carbocycles. The van der Waals surface area contributed by atoms with Crippen molar-refractivity contribution in [3.63, 3.8) is 0 Å². The maximum atomic E-state index is 14.3. The molecule has 0 aliphatic rings. The molecule has 0 bridgehead atoms. The highest BCUT2D eigenvalue weighted by Gasteiger charge is 2.18. The summed E-state index contributed by atoms with van der Waals surface area (Å²) >= 11 is 0. The zero-order valence-corrected chi connectivity index (χ0v) is 16.7. The maximum absolute atomic E-state index is 14.3. The van der Waals surface area contributed by atoms with Gasteiger partial charge < -0.3 is 15.8 Å². The van der Waals surface area contributed by atoms with Crippen LogP contribution in [-0.4, -0.2) is 26.6 Å². The van der Waals surface area contributed by atoms with E-state index in [9.17, 15) is 4.39 Å². The number of para-hydroxylation sites is 2. The molecule has 2 aromatic heterocycles. The zero-order chi connectivity index (χ0) is 21.4. The van der Waals surface area contributed by atoms with Crippen LogP contribution in [0, 0.1) is 5.82 Å². The number of methoxy groups -OCH3 is 1. The van der Waals surface area contributed by atoms with Gasteiger partial charge in [-0.15, -0.1) is 0 Å². The SMILES string of the molecule is COc1cccc2c(NCc3ccccc3)nc(-n3c(N)nc4c(F)cccc43)nc12.